The topological polar surface area (TPSA) is 83.0 Å². The first kappa shape index (κ1) is 26.9. The maximum atomic E-state index is 13.1. The predicted molar refractivity (Wildman–Crippen MR) is 159 cm³/mol. The van der Waals surface area contributed by atoms with Crippen molar-refractivity contribution in [2.75, 3.05) is 25.0 Å². The van der Waals surface area contributed by atoms with Crippen LogP contribution in [0.1, 0.15) is 69.9 Å². The Bertz CT molecular complexity index is 1540. The van der Waals surface area contributed by atoms with E-state index < -0.39 is 0 Å². The number of aromatic nitrogens is 3. The third-order valence-electron chi connectivity index (χ3n) is 7.89. The molecular weight excluding hydrogens is 486 g/mol. The van der Waals surface area contributed by atoms with Gasteiger partial charge >= 0.3 is 0 Å². The van der Waals surface area contributed by atoms with Gasteiger partial charge in [0.2, 0.25) is 5.91 Å². The van der Waals surface area contributed by atoms with Crippen LogP contribution in [0, 0.1) is 0 Å². The number of aromatic amines is 1. The molecule has 1 fully saturated rings. The van der Waals surface area contributed by atoms with Crippen LogP contribution in [-0.2, 0) is 11.8 Å². The molecule has 4 heterocycles. The van der Waals surface area contributed by atoms with Crippen molar-refractivity contribution in [2.24, 2.45) is 7.05 Å². The van der Waals surface area contributed by atoms with E-state index in [9.17, 15) is 9.59 Å². The predicted octanol–water partition coefficient (Wildman–Crippen LogP) is 6.27. The van der Waals surface area contributed by atoms with E-state index in [1.54, 1.807) is 23.9 Å². The maximum Gasteiger partial charge on any atom is 0.258 e. The van der Waals surface area contributed by atoms with E-state index in [2.05, 4.69) is 59.2 Å². The number of anilines is 1. The average molecular weight is 526 g/mol. The van der Waals surface area contributed by atoms with Crippen molar-refractivity contribution in [2.45, 2.75) is 58.8 Å². The van der Waals surface area contributed by atoms with Crippen LogP contribution in [0.25, 0.3) is 33.3 Å². The Morgan fingerprint density at radius 2 is 1.90 bits per heavy atom. The molecule has 39 heavy (non-hydrogen) atoms. The molecule has 204 valence electrons. The van der Waals surface area contributed by atoms with E-state index in [1.807, 2.05) is 18.3 Å². The fourth-order valence-electron chi connectivity index (χ4n) is 5.98. The Hall–Kier alpha value is -3.71. The van der Waals surface area contributed by atoms with E-state index in [4.69, 9.17) is 0 Å². The minimum absolute atomic E-state index is 0.0910. The van der Waals surface area contributed by atoms with Crippen LogP contribution in [-0.4, -0.2) is 45.0 Å². The minimum atomic E-state index is -0.182. The summed E-state index contributed by atoms with van der Waals surface area (Å²) in [5.74, 6) is 1.18. The van der Waals surface area contributed by atoms with Crippen LogP contribution in [0.4, 0.5) is 5.82 Å². The largest absolute Gasteiger partial charge is 0.354 e. The van der Waals surface area contributed by atoms with Crippen molar-refractivity contribution in [3.63, 3.8) is 0 Å². The lowest BCUT2D eigenvalue weighted by Gasteiger charge is -2.32. The molecule has 3 aromatic heterocycles. The van der Waals surface area contributed by atoms with Gasteiger partial charge in [-0.2, -0.15) is 0 Å². The Morgan fingerprint density at radius 3 is 2.54 bits per heavy atom. The normalized spacial score (nSPS) is 14.8. The summed E-state index contributed by atoms with van der Waals surface area (Å²) >= 11 is 0. The van der Waals surface area contributed by atoms with Gasteiger partial charge in [-0.05, 0) is 92.2 Å². The van der Waals surface area contributed by atoms with Gasteiger partial charge in [-0.1, -0.05) is 26.8 Å². The SMILES string of the molecule is CCCN1CCC(c2ccc3[nH]c(-c4cc(-c5ccc(NC(C)=O)nc5)c(=O)n(C)c4)c(C(C)C)c3c2)CC1. The lowest BCUT2D eigenvalue weighted by atomic mass is 9.87. The number of likely N-dealkylation sites (tertiary alicyclic amines) is 1. The van der Waals surface area contributed by atoms with Crippen molar-refractivity contribution < 1.29 is 4.79 Å². The minimum Gasteiger partial charge on any atom is -0.354 e. The summed E-state index contributed by atoms with van der Waals surface area (Å²) in [4.78, 5) is 35.1. The van der Waals surface area contributed by atoms with Crippen molar-refractivity contribution in [1.82, 2.24) is 19.4 Å². The molecule has 0 unspecified atom stereocenters. The number of piperidine rings is 1. The fourth-order valence-corrected chi connectivity index (χ4v) is 5.98. The highest BCUT2D eigenvalue weighted by molar-refractivity contribution is 5.92. The quantitative estimate of drug-likeness (QED) is 0.298. The number of fused-ring (bicyclic) bond motifs is 1. The number of hydrogen-bond acceptors (Lipinski definition) is 4. The Morgan fingerprint density at radius 1 is 1.13 bits per heavy atom. The zero-order valence-electron chi connectivity index (χ0n) is 23.7. The molecule has 0 spiro atoms. The van der Waals surface area contributed by atoms with Gasteiger partial charge in [-0.15, -0.1) is 0 Å². The van der Waals surface area contributed by atoms with Crippen LogP contribution < -0.4 is 10.9 Å². The van der Waals surface area contributed by atoms with Gasteiger partial charge in [0, 0.05) is 54.0 Å². The van der Waals surface area contributed by atoms with Gasteiger partial charge in [0.1, 0.15) is 5.82 Å². The van der Waals surface area contributed by atoms with Crippen LogP contribution in [0.2, 0.25) is 0 Å². The van der Waals surface area contributed by atoms with Crippen molar-refractivity contribution in [3.8, 4) is 22.4 Å². The van der Waals surface area contributed by atoms with E-state index in [0.717, 1.165) is 16.8 Å². The van der Waals surface area contributed by atoms with E-state index in [0.29, 0.717) is 28.8 Å². The number of nitrogens with one attached hydrogen (secondary N) is 2. The second-order valence-electron chi connectivity index (χ2n) is 11.2. The Balaban J connectivity index is 1.54. The highest BCUT2D eigenvalue weighted by atomic mass is 16.1. The standard InChI is InChI=1S/C32H39N5O2/c1-6-13-37-14-11-22(12-15-37)23-7-9-28-27(16-23)30(20(2)3)31(35-28)25-17-26(32(39)36(5)19-25)24-8-10-29(33-18-24)34-21(4)38/h7-10,16-20,22,35H,6,11-15H2,1-5H3,(H,33,34,38). The Labute approximate surface area is 230 Å². The van der Waals surface area contributed by atoms with Crippen LogP contribution >= 0.6 is 0 Å². The maximum absolute atomic E-state index is 13.1. The van der Waals surface area contributed by atoms with Gasteiger partial charge in [0.15, 0.2) is 0 Å². The molecule has 1 saturated heterocycles. The molecule has 0 atom stereocenters. The van der Waals surface area contributed by atoms with Gasteiger partial charge in [-0.3, -0.25) is 9.59 Å². The van der Waals surface area contributed by atoms with Crippen LogP contribution in [0.5, 0.6) is 0 Å². The van der Waals surface area contributed by atoms with Gasteiger partial charge in [0.25, 0.3) is 5.56 Å². The highest BCUT2D eigenvalue weighted by Crippen LogP contribution is 2.38. The van der Waals surface area contributed by atoms with Crippen molar-refractivity contribution >= 4 is 22.6 Å². The Kier molecular flexibility index (Phi) is 7.71. The monoisotopic (exact) mass is 525 g/mol. The zero-order valence-corrected chi connectivity index (χ0v) is 23.7. The first-order valence-corrected chi connectivity index (χ1v) is 14.1. The number of H-pyrrole nitrogens is 1. The molecule has 2 N–H and O–H groups in total. The lowest BCUT2D eigenvalue weighted by Crippen LogP contribution is -2.33. The zero-order chi connectivity index (χ0) is 27.7. The fraction of sp³-hybridized carbons (Fsp3) is 0.406. The summed E-state index contributed by atoms with van der Waals surface area (Å²) in [5.41, 5.74) is 7.04. The van der Waals surface area contributed by atoms with Gasteiger partial charge in [0.05, 0.1) is 5.69 Å². The first-order chi connectivity index (χ1) is 18.7. The number of pyridine rings is 2. The molecule has 0 saturated carbocycles. The summed E-state index contributed by atoms with van der Waals surface area (Å²) in [7, 11) is 1.79. The highest BCUT2D eigenvalue weighted by Gasteiger charge is 2.23. The van der Waals surface area contributed by atoms with Crippen molar-refractivity contribution in [1.29, 1.82) is 0 Å². The van der Waals surface area contributed by atoms with Crippen LogP contribution in [0.15, 0.2) is 53.6 Å². The van der Waals surface area contributed by atoms with E-state index in [-0.39, 0.29) is 11.5 Å². The first-order valence-electron chi connectivity index (χ1n) is 14.1. The summed E-state index contributed by atoms with van der Waals surface area (Å²) in [5, 5.41) is 3.95. The number of rotatable bonds is 7. The second kappa shape index (κ2) is 11.2. The average Bonchev–Trinajstić information content (AvgIpc) is 3.30. The number of amides is 1. The van der Waals surface area contributed by atoms with E-state index >= 15 is 0 Å². The molecule has 0 aliphatic carbocycles. The number of aryl methyl sites for hydroxylation is 1. The molecule has 4 aromatic rings. The molecular formula is C32H39N5O2. The van der Waals surface area contributed by atoms with Crippen LogP contribution in [0.3, 0.4) is 0 Å². The van der Waals surface area contributed by atoms with Gasteiger partial charge < -0.3 is 19.8 Å². The molecule has 1 amide bonds. The van der Waals surface area contributed by atoms with E-state index in [1.165, 1.54) is 62.3 Å². The molecule has 1 aromatic carbocycles. The number of benzene rings is 1. The third-order valence-corrected chi connectivity index (χ3v) is 7.89. The second-order valence-corrected chi connectivity index (χ2v) is 11.2. The number of carbonyl (C=O) groups excluding carboxylic acids is 1. The van der Waals surface area contributed by atoms with Crippen molar-refractivity contribution in [3.05, 3.63) is 70.3 Å². The number of nitrogens with zero attached hydrogens (tertiary/aromatic N) is 3. The summed E-state index contributed by atoms with van der Waals surface area (Å²) in [6, 6.07) is 12.4. The number of carbonyl (C=O) groups is 1. The summed E-state index contributed by atoms with van der Waals surface area (Å²) < 4.78 is 1.64. The lowest BCUT2D eigenvalue weighted by molar-refractivity contribution is -0.114. The molecule has 1 aliphatic rings. The molecule has 0 bridgehead atoms. The third kappa shape index (κ3) is 5.55. The smallest absolute Gasteiger partial charge is 0.258 e. The molecule has 5 rings (SSSR count). The summed E-state index contributed by atoms with van der Waals surface area (Å²) in [6.45, 7) is 11.7. The molecule has 7 nitrogen and oxygen atoms in total. The molecule has 7 heteroatoms. The number of hydrogen-bond donors (Lipinski definition) is 2. The molecule has 1 aliphatic heterocycles. The molecule has 0 radical (unpaired) electrons. The summed E-state index contributed by atoms with van der Waals surface area (Å²) in [6.07, 6.45) is 7.17. The van der Waals surface area contributed by atoms with Gasteiger partial charge in [-0.25, -0.2) is 4.98 Å².